The summed E-state index contributed by atoms with van der Waals surface area (Å²) in [6.07, 6.45) is 11.0. The van der Waals surface area contributed by atoms with Crippen LogP contribution in [0.4, 0.5) is 4.79 Å². The molecule has 0 spiro atoms. The SMILES string of the molecule is CN(C(=O)NCCCN1CCCC1=O)[C@H]1CC(=NOC2CCCCO2)C2=C[C@H](CCCCO)[C@@H](CCCCO)[C@@H]3c4cc(O)ccc4O[C@@]1(O)[C@H]23. The number of likely N-dealkylation sites (N-methyl/N-ethyl adjacent to an activating group) is 1. The molecule has 5 N–H and O–H groups in total. The lowest BCUT2D eigenvalue weighted by Gasteiger charge is -2.58. The van der Waals surface area contributed by atoms with Crippen LogP contribution in [0.25, 0.3) is 0 Å². The fourth-order valence-corrected chi connectivity index (χ4v) is 8.95. The highest BCUT2D eigenvalue weighted by Gasteiger charge is 2.63. The fourth-order valence-electron chi connectivity index (χ4n) is 8.95. The second-order valence-corrected chi connectivity index (χ2v) is 14.8. The lowest BCUT2D eigenvalue weighted by atomic mass is 9.55. The normalized spacial score (nSPS) is 30.7. The van der Waals surface area contributed by atoms with Gasteiger partial charge in [-0.05, 0) is 87.0 Å². The van der Waals surface area contributed by atoms with Crippen LogP contribution in [0.1, 0.15) is 95.0 Å². The lowest BCUT2D eigenvalue weighted by molar-refractivity contribution is -0.226. The number of phenolic OH excluding ortho intramolecular Hbond substituents is 1. The molecule has 3 heterocycles. The first kappa shape index (κ1) is 37.4. The Bertz CT molecular complexity index is 1430. The van der Waals surface area contributed by atoms with Crippen LogP contribution in [0.3, 0.4) is 0 Å². The van der Waals surface area contributed by atoms with Crippen molar-refractivity contribution in [3.8, 4) is 11.5 Å². The molecule has 1 aromatic rings. The second-order valence-electron chi connectivity index (χ2n) is 14.8. The number of phenols is 1. The predicted octanol–water partition coefficient (Wildman–Crippen LogP) is 4.00. The monoisotopic (exact) mass is 712 g/mol. The molecule has 51 heavy (non-hydrogen) atoms. The number of aromatic hydroxyl groups is 1. The molecule has 5 aliphatic rings. The van der Waals surface area contributed by atoms with E-state index in [1.54, 1.807) is 25.2 Å². The molecular weight excluding hydrogens is 656 g/mol. The zero-order chi connectivity index (χ0) is 36.0. The average molecular weight is 713 g/mol. The van der Waals surface area contributed by atoms with E-state index in [1.165, 1.54) is 4.90 Å². The first-order chi connectivity index (χ1) is 24.7. The molecule has 13 nitrogen and oxygen atoms in total. The van der Waals surface area contributed by atoms with Crippen LogP contribution < -0.4 is 10.1 Å². The number of urea groups is 1. The molecule has 3 fully saturated rings. The number of carbonyl (C=O) groups is 2. The number of oxime groups is 1. The Morgan fingerprint density at radius 1 is 1.12 bits per heavy atom. The van der Waals surface area contributed by atoms with Crippen LogP contribution in [0, 0.1) is 17.8 Å². The predicted molar refractivity (Wildman–Crippen MR) is 189 cm³/mol. The largest absolute Gasteiger partial charge is 0.508 e. The number of ether oxygens (including phenoxy) is 2. The van der Waals surface area contributed by atoms with Gasteiger partial charge in [-0.15, -0.1) is 0 Å². The summed E-state index contributed by atoms with van der Waals surface area (Å²) < 4.78 is 12.4. The van der Waals surface area contributed by atoms with Crippen molar-refractivity contribution >= 4 is 17.6 Å². The lowest BCUT2D eigenvalue weighted by Crippen LogP contribution is -2.69. The molecule has 3 aliphatic heterocycles. The van der Waals surface area contributed by atoms with Crippen molar-refractivity contribution in [2.75, 3.05) is 46.5 Å². The summed E-state index contributed by atoms with van der Waals surface area (Å²) in [6, 6.07) is 3.72. The first-order valence-corrected chi connectivity index (χ1v) is 19.1. The van der Waals surface area contributed by atoms with E-state index in [4.69, 9.17) is 19.5 Å². The van der Waals surface area contributed by atoms with Gasteiger partial charge in [0.05, 0.1) is 18.2 Å². The number of amides is 3. The first-order valence-electron chi connectivity index (χ1n) is 19.1. The molecule has 1 aromatic carbocycles. The van der Waals surface area contributed by atoms with Gasteiger partial charge in [-0.3, -0.25) is 4.79 Å². The van der Waals surface area contributed by atoms with E-state index in [9.17, 15) is 30.0 Å². The summed E-state index contributed by atoms with van der Waals surface area (Å²) in [4.78, 5) is 35.2. The van der Waals surface area contributed by atoms with Crippen LogP contribution in [0.5, 0.6) is 11.5 Å². The molecule has 6 rings (SSSR count). The number of unbranched alkanes of at least 4 members (excludes halogenated alkanes) is 2. The van der Waals surface area contributed by atoms with Gasteiger partial charge in [-0.1, -0.05) is 24.1 Å². The topological polar surface area (TPSA) is 174 Å². The molecule has 0 bridgehead atoms. The third-order valence-corrected chi connectivity index (χ3v) is 11.5. The number of hydrogen-bond acceptors (Lipinski definition) is 10. The number of benzene rings is 1. The van der Waals surface area contributed by atoms with Crippen LogP contribution in [-0.2, 0) is 14.4 Å². The summed E-state index contributed by atoms with van der Waals surface area (Å²) in [7, 11) is 1.66. The van der Waals surface area contributed by atoms with E-state index >= 15 is 0 Å². The van der Waals surface area contributed by atoms with Crippen molar-refractivity contribution in [2.45, 2.75) is 108 Å². The highest BCUT2D eigenvalue weighted by molar-refractivity contribution is 6.03. The Morgan fingerprint density at radius 3 is 2.65 bits per heavy atom. The second kappa shape index (κ2) is 17.0. The minimum atomic E-state index is -1.85. The molecule has 13 heteroatoms. The molecule has 2 aliphatic carbocycles. The third kappa shape index (κ3) is 8.16. The van der Waals surface area contributed by atoms with Crippen LogP contribution >= 0.6 is 0 Å². The third-order valence-electron chi connectivity index (χ3n) is 11.5. The zero-order valence-electron chi connectivity index (χ0n) is 29.9. The summed E-state index contributed by atoms with van der Waals surface area (Å²) in [5.41, 5.74) is 2.21. The number of carbonyl (C=O) groups excluding carboxylic acids is 2. The van der Waals surface area contributed by atoms with Crippen molar-refractivity contribution in [3.05, 3.63) is 35.4 Å². The Morgan fingerprint density at radius 2 is 1.92 bits per heavy atom. The van der Waals surface area contributed by atoms with Crippen LogP contribution in [0.15, 0.2) is 35.0 Å². The highest BCUT2D eigenvalue weighted by Crippen LogP contribution is 2.60. The van der Waals surface area contributed by atoms with Gasteiger partial charge < -0.3 is 49.9 Å². The van der Waals surface area contributed by atoms with E-state index in [-0.39, 0.29) is 55.1 Å². The molecular formula is C38H56N4O9. The van der Waals surface area contributed by atoms with Gasteiger partial charge >= 0.3 is 6.03 Å². The number of aliphatic hydroxyl groups is 3. The van der Waals surface area contributed by atoms with E-state index < -0.39 is 24.0 Å². The molecule has 1 saturated carbocycles. The average Bonchev–Trinajstić information content (AvgIpc) is 3.54. The van der Waals surface area contributed by atoms with E-state index in [0.717, 1.165) is 62.6 Å². The number of aliphatic hydroxyl groups excluding tert-OH is 2. The molecule has 1 unspecified atom stereocenters. The van der Waals surface area contributed by atoms with Gasteiger partial charge in [0.1, 0.15) is 17.5 Å². The quantitative estimate of drug-likeness (QED) is 0.133. The van der Waals surface area contributed by atoms with Gasteiger partial charge in [0.2, 0.25) is 18.0 Å². The van der Waals surface area contributed by atoms with Crippen LogP contribution in [-0.4, -0.2) is 112 Å². The molecule has 282 valence electrons. The molecule has 2 saturated heterocycles. The van der Waals surface area contributed by atoms with E-state index in [2.05, 4.69) is 11.4 Å². The smallest absolute Gasteiger partial charge is 0.317 e. The van der Waals surface area contributed by atoms with Gasteiger partial charge in [0, 0.05) is 70.6 Å². The van der Waals surface area contributed by atoms with Gasteiger partial charge in [-0.25, -0.2) is 4.79 Å². The van der Waals surface area contributed by atoms with Crippen molar-refractivity contribution in [2.24, 2.45) is 22.9 Å². The van der Waals surface area contributed by atoms with Gasteiger partial charge in [0.15, 0.2) is 0 Å². The summed E-state index contributed by atoms with van der Waals surface area (Å²) in [5, 5.41) is 50.7. The van der Waals surface area contributed by atoms with Crippen molar-refractivity contribution in [1.82, 2.24) is 15.1 Å². The van der Waals surface area contributed by atoms with Gasteiger partial charge in [0.25, 0.3) is 0 Å². The number of hydrogen-bond donors (Lipinski definition) is 5. The van der Waals surface area contributed by atoms with Crippen molar-refractivity contribution < 1.29 is 44.3 Å². The number of likely N-dealkylation sites (tertiary alicyclic amines) is 1. The number of allylic oxidation sites excluding steroid dienone is 1. The summed E-state index contributed by atoms with van der Waals surface area (Å²) >= 11 is 0. The highest BCUT2D eigenvalue weighted by atomic mass is 16.8. The summed E-state index contributed by atoms with van der Waals surface area (Å²) in [6.45, 7) is 2.46. The number of nitrogens with zero attached hydrogens (tertiary/aromatic N) is 3. The number of fused-ring (bicyclic) bond motifs is 2. The molecule has 0 radical (unpaired) electrons. The number of rotatable bonds is 15. The van der Waals surface area contributed by atoms with E-state index in [0.29, 0.717) is 63.3 Å². The maximum Gasteiger partial charge on any atom is 0.317 e. The molecule has 0 aromatic heterocycles. The van der Waals surface area contributed by atoms with E-state index in [1.807, 2.05) is 4.90 Å². The Hall–Kier alpha value is -3.39. The Labute approximate surface area is 300 Å². The van der Waals surface area contributed by atoms with Gasteiger partial charge in [-0.2, -0.15) is 0 Å². The standard InChI is InChI=1S/C38H56N4O9/c1-41(37(47)39-16-9-18-42-17-8-12-33(42)46)32-24-30(40-51-34-13-4-7-21-49-34)28-22-25(10-2-5-19-43)27(11-3-6-20-44)35-29-23-26(45)14-15-31(29)50-38(32,48)36(28)35/h14-15,22-23,25,27,32,34-36,43-45,48H,2-13,16-21,24H2,1H3,(H,39,47)/t25-,27+,32-,34?,35+,36+,38+/m0/s1. The molecule has 7 atom stereocenters. The Balaban J connectivity index is 1.36. The molecule has 3 amide bonds. The Kier molecular flexibility index (Phi) is 12.4. The maximum atomic E-state index is 13.8. The number of nitrogens with one attached hydrogen (secondary N) is 1. The zero-order valence-corrected chi connectivity index (χ0v) is 29.9. The summed E-state index contributed by atoms with van der Waals surface area (Å²) in [5.74, 6) is -2.04. The van der Waals surface area contributed by atoms with Crippen LogP contribution in [0.2, 0.25) is 0 Å². The maximum absolute atomic E-state index is 13.8. The van der Waals surface area contributed by atoms with Crippen molar-refractivity contribution in [1.29, 1.82) is 0 Å². The minimum Gasteiger partial charge on any atom is -0.508 e. The minimum absolute atomic E-state index is 0.00925. The fraction of sp³-hybridized carbons (Fsp3) is 0.711. The van der Waals surface area contributed by atoms with Crippen molar-refractivity contribution in [3.63, 3.8) is 0 Å².